The zero-order chi connectivity index (χ0) is 22.3. The molecule has 3 rings (SSSR count). The predicted molar refractivity (Wildman–Crippen MR) is 119 cm³/mol. The molecule has 164 valence electrons. The van der Waals surface area contributed by atoms with Crippen molar-refractivity contribution in [1.29, 1.82) is 0 Å². The number of nitrogens with zero attached hydrogens (tertiary/aromatic N) is 1. The molecule has 1 heterocycles. The van der Waals surface area contributed by atoms with Gasteiger partial charge in [-0.05, 0) is 35.8 Å². The molecule has 1 aliphatic heterocycles. The van der Waals surface area contributed by atoms with E-state index in [0.29, 0.717) is 12.1 Å². The van der Waals surface area contributed by atoms with E-state index in [-0.39, 0.29) is 30.5 Å². The van der Waals surface area contributed by atoms with Gasteiger partial charge in [-0.25, -0.2) is 9.03 Å². The second-order valence-corrected chi connectivity index (χ2v) is 8.61. The maximum absolute atomic E-state index is 12.3. The van der Waals surface area contributed by atoms with E-state index in [1.165, 1.54) is 6.08 Å². The zero-order valence-electron chi connectivity index (χ0n) is 17.2. The number of amides is 2. The summed E-state index contributed by atoms with van der Waals surface area (Å²) in [6.45, 7) is 2.55. The van der Waals surface area contributed by atoms with Gasteiger partial charge in [0.25, 0.3) is 5.91 Å². The summed E-state index contributed by atoms with van der Waals surface area (Å²) >= 11 is 0. The summed E-state index contributed by atoms with van der Waals surface area (Å²) in [5, 5.41) is 2.80. The molecule has 1 saturated heterocycles. The van der Waals surface area contributed by atoms with Crippen molar-refractivity contribution >= 4 is 33.8 Å². The van der Waals surface area contributed by atoms with Crippen LogP contribution in [0.1, 0.15) is 30.9 Å². The molecule has 2 N–H and O–H groups in total. The minimum absolute atomic E-state index is 0.207. The summed E-state index contributed by atoms with van der Waals surface area (Å²) in [7, 11) is -3.97. The fourth-order valence-electron chi connectivity index (χ4n) is 2.97. The first-order chi connectivity index (χ1) is 14.9. The molecule has 8 nitrogen and oxygen atoms in total. The average Bonchev–Trinajstić information content (AvgIpc) is 3.03. The highest BCUT2D eigenvalue weighted by Crippen LogP contribution is 2.33. The number of hydrogen-bond acceptors (Lipinski definition) is 5. The molecule has 0 aromatic heterocycles. The first-order valence-electron chi connectivity index (χ1n) is 9.99. The minimum Gasteiger partial charge on any atom is -0.487 e. The molecule has 0 atom stereocenters. The quantitative estimate of drug-likeness (QED) is 0.457. The van der Waals surface area contributed by atoms with Crippen molar-refractivity contribution in [2.75, 3.05) is 17.4 Å². The highest BCUT2D eigenvalue weighted by molar-refractivity contribution is 7.92. The van der Waals surface area contributed by atoms with Crippen LogP contribution in [-0.2, 0) is 26.4 Å². The molecule has 0 unspecified atom stereocenters. The lowest BCUT2D eigenvalue weighted by Crippen LogP contribution is -2.29. The third kappa shape index (κ3) is 6.08. The van der Waals surface area contributed by atoms with Gasteiger partial charge < -0.3 is 10.1 Å². The fourth-order valence-corrected chi connectivity index (χ4v) is 4.13. The molecular formula is C22H25N3O5S. The van der Waals surface area contributed by atoms with E-state index in [1.807, 2.05) is 42.0 Å². The predicted octanol–water partition coefficient (Wildman–Crippen LogP) is 2.38. The molecule has 1 fully saturated rings. The maximum atomic E-state index is 12.3. The Bertz CT molecular complexity index is 1070. The molecule has 0 aliphatic carbocycles. The van der Waals surface area contributed by atoms with Crippen molar-refractivity contribution in [3.05, 3.63) is 65.7 Å². The Morgan fingerprint density at radius 2 is 2.00 bits per heavy atom. The van der Waals surface area contributed by atoms with Crippen LogP contribution in [-0.4, -0.2) is 33.3 Å². The van der Waals surface area contributed by atoms with Crippen molar-refractivity contribution in [3.8, 4) is 5.75 Å². The standard InChI is InChI=1S/C22H25N3O5S/c1-2-3-13-23-21(26)12-10-17-9-11-19(25-15-22(27)24-31(25,28)29)20(14-17)30-16-18-7-5-4-6-8-18/h4-12,14H,2-3,13,15-16H2,1H3,(H,23,26)(H,24,27). The van der Waals surface area contributed by atoms with Gasteiger partial charge in [-0.3, -0.25) is 9.59 Å². The van der Waals surface area contributed by atoms with Crippen molar-refractivity contribution < 1.29 is 22.7 Å². The minimum atomic E-state index is -3.97. The van der Waals surface area contributed by atoms with E-state index in [0.717, 1.165) is 22.7 Å². The van der Waals surface area contributed by atoms with Gasteiger partial charge in [-0.1, -0.05) is 49.7 Å². The Labute approximate surface area is 182 Å². The lowest BCUT2D eigenvalue weighted by atomic mass is 10.1. The highest BCUT2D eigenvalue weighted by atomic mass is 32.2. The van der Waals surface area contributed by atoms with E-state index in [2.05, 4.69) is 5.32 Å². The van der Waals surface area contributed by atoms with Crippen LogP contribution < -0.4 is 19.1 Å². The first-order valence-corrected chi connectivity index (χ1v) is 11.4. The van der Waals surface area contributed by atoms with Gasteiger partial charge in [0.1, 0.15) is 18.9 Å². The van der Waals surface area contributed by atoms with Gasteiger partial charge in [-0.2, -0.15) is 8.42 Å². The van der Waals surface area contributed by atoms with Crippen LogP contribution in [0.3, 0.4) is 0 Å². The topological polar surface area (TPSA) is 105 Å². The van der Waals surface area contributed by atoms with Crippen LogP contribution in [0.15, 0.2) is 54.6 Å². The molecular weight excluding hydrogens is 418 g/mol. The third-order valence-corrected chi connectivity index (χ3v) is 5.96. The monoisotopic (exact) mass is 443 g/mol. The van der Waals surface area contributed by atoms with Crippen molar-refractivity contribution in [3.63, 3.8) is 0 Å². The largest absolute Gasteiger partial charge is 0.487 e. The van der Waals surface area contributed by atoms with Crippen molar-refractivity contribution in [2.45, 2.75) is 26.4 Å². The number of carbonyl (C=O) groups excluding carboxylic acids is 2. The van der Waals surface area contributed by atoms with Crippen LogP contribution in [0.2, 0.25) is 0 Å². The Hall–Kier alpha value is -3.33. The zero-order valence-corrected chi connectivity index (χ0v) is 18.0. The molecule has 9 heteroatoms. The third-order valence-electron chi connectivity index (χ3n) is 4.57. The number of hydrogen-bond donors (Lipinski definition) is 2. The van der Waals surface area contributed by atoms with E-state index < -0.39 is 16.1 Å². The van der Waals surface area contributed by atoms with Gasteiger partial charge in [0.2, 0.25) is 5.91 Å². The van der Waals surface area contributed by atoms with Crippen LogP contribution in [0, 0.1) is 0 Å². The number of carbonyl (C=O) groups is 2. The van der Waals surface area contributed by atoms with Gasteiger partial charge in [-0.15, -0.1) is 0 Å². The summed E-state index contributed by atoms with van der Waals surface area (Å²) in [5.74, 6) is -0.527. The van der Waals surface area contributed by atoms with E-state index in [1.54, 1.807) is 24.3 Å². The second kappa shape index (κ2) is 10.1. The van der Waals surface area contributed by atoms with Gasteiger partial charge >= 0.3 is 10.2 Å². The van der Waals surface area contributed by atoms with Gasteiger partial charge in [0, 0.05) is 12.6 Å². The van der Waals surface area contributed by atoms with Crippen molar-refractivity contribution in [2.24, 2.45) is 0 Å². The van der Waals surface area contributed by atoms with Crippen LogP contribution >= 0.6 is 0 Å². The lowest BCUT2D eigenvalue weighted by molar-refractivity contribution is -0.117. The van der Waals surface area contributed by atoms with Crippen LogP contribution in [0.5, 0.6) is 5.75 Å². The molecule has 31 heavy (non-hydrogen) atoms. The first kappa shape index (κ1) is 22.4. The Kier molecular flexibility index (Phi) is 7.30. The molecule has 1 aliphatic rings. The summed E-state index contributed by atoms with van der Waals surface area (Å²) in [6.07, 6.45) is 4.94. The Morgan fingerprint density at radius 1 is 1.23 bits per heavy atom. The molecule has 0 saturated carbocycles. The summed E-state index contributed by atoms with van der Waals surface area (Å²) in [5.41, 5.74) is 1.82. The highest BCUT2D eigenvalue weighted by Gasteiger charge is 2.35. The smallest absolute Gasteiger partial charge is 0.326 e. The number of anilines is 1. The molecule has 2 aromatic carbocycles. The summed E-state index contributed by atoms with van der Waals surface area (Å²) in [6, 6.07) is 14.3. The Morgan fingerprint density at radius 3 is 2.68 bits per heavy atom. The molecule has 2 amide bonds. The maximum Gasteiger partial charge on any atom is 0.326 e. The SMILES string of the molecule is CCCCNC(=O)C=Cc1ccc(N2CC(=O)NS2(=O)=O)c(OCc2ccccc2)c1. The number of nitrogens with one attached hydrogen (secondary N) is 2. The summed E-state index contributed by atoms with van der Waals surface area (Å²) in [4.78, 5) is 23.6. The van der Waals surface area contributed by atoms with Crippen molar-refractivity contribution in [1.82, 2.24) is 10.0 Å². The molecule has 2 aromatic rings. The molecule has 0 spiro atoms. The van der Waals surface area contributed by atoms with Gasteiger partial charge in [0.05, 0.1) is 5.69 Å². The van der Waals surface area contributed by atoms with Gasteiger partial charge in [0.15, 0.2) is 0 Å². The number of ether oxygens (including phenoxy) is 1. The second-order valence-electron chi connectivity index (χ2n) is 7.02. The normalized spacial score (nSPS) is 15.1. The van der Waals surface area contributed by atoms with E-state index in [9.17, 15) is 18.0 Å². The van der Waals surface area contributed by atoms with Crippen LogP contribution in [0.25, 0.3) is 6.08 Å². The Balaban J connectivity index is 1.84. The van der Waals surface area contributed by atoms with Crippen LogP contribution in [0.4, 0.5) is 5.69 Å². The van der Waals surface area contributed by atoms with E-state index >= 15 is 0 Å². The number of unbranched alkanes of at least 4 members (excludes halogenated alkanes) is 1. The van der Waals surface area contributed by atoms with E-state index in [4.69, 9.17) is 4.74 Å². The average molecular weight is 444 g/mol. The molecule has 0 bridgehead atoms. The summed E-state index contributed by atoms with van der Waals surface area (Å²) < 4.78 is 33.4. The lowest BCUT2D eigenvalue weighted by Gasteiger charge is -2.19. The number of benzene rings is 2. The number of rotatable bonds is 9. The molecule has 0 radical (unpaired) electrons. The fraction of sp³-hybridized carbons (Fsp3) is 0.273.